The third-order valence-corrected chi connectivity index (χ3v) is 3.47. The number of esters is 1. The summed E-state index contributed by atoms with van der Waals surface area (Å²) in [7, 11) is 0. The van der Waals surface area contributed by atoms with E-state index in [0.29, 0.717) is 22.7 Å². The van der Waals surface area contributed by atoms with Crippen LogP contribution >= 0.6 is 0 Å². The highest BCUT2D eigenvalue weighted by Crippen LogP contribution is 2.32. The lowest BCUT2D eigenvalue weighted by Crippen LogP contribution is -2.14. The lowest BCUT2D eigenvalue weighted by Gasteiger charge is -2.06. The first-order valence-electron chi connectivity index (χ1n) is 7.50. The monoisotopic (exact) mass is 341 g/mol. The number of anilines is 1. The molecule has 0 saturated heterocycles. The molecule has 1 amide bonds. The molecule has 0 fully saturated rings. The van der Waals surface area contributed by atoms with Crippen molar-refractivity contribution in [1.82, 2.24) is 0 Å². The second-order valence-electron chi connectivity index (χ2n) is 5.33. The van der Waals surface area contributed by atoms with E-state index >= 15 is 0 Å². The van der Waals surface area contributed by atoms with Gasteiger partial charge in [0, 0.05) is 18.2 Å². The Balaban J connectivity index is 1.58. The minimum Gasteiger partial charge on any atom is -0.454 e. The third-order valence-electron chi connectivity index (χ3n) is 3.47. The molecule has 25 heavy (non-hydrogen) atoms. The molecule has 0 unspecified atom stereocenters. The number of carbonyl (C=O) groups excluding carboxylic acids is 3. The number of nitrogens with one attached hydrogen (secondary N) is 1. The van der Waals surface area contributed by atoms with Gasteiger partial charge in [-0.3, -0.25) is 9.59 Å². The summed E-state index contributed by atoms with van der Waals surface area (Å²) in [6, 6.07) is 11.0. The molecule has 2 aromatic rings. The zero-order chi connectivity index (χ0) is 17.8. The van der Waals surface area contributed by atoms with E-state index in [0.717, 1.165) is 0 Å². The van der Waals surface area contributed by atoms with E-state index < -0.39 is 5.97 Å². The van der Waals surface area contributed by atoms with Crippen molar-refractivity contribution in [2.45, 2.75) is 6.92 Å². The Morgan fingerprint density at radius 1 is 1.00 bits per heavy atom. The van der Waals surface area contributed by atoms with E-state index in [1.807, 2.05) is 0 Å². The Hall–Kier alpha value is -3.35. The summed E-state index contributed by atoms with van der Waals surface area (Å²) in [6.45, 7) is 1.13. The van der Waals surface area contributed by atoms with Crippen LogP contribution in [0.5, 0.6) is 11.5 Å². The molecule has 3 rings (SSSR count). The summed E-state index contributed by atoms with van der Waals surface area (Å²) in [5.74, 6) is -0.136. The Bertz CT molecular complexity index is 828. The first-order valence-corrected chi connectivity index (χ1v) is 7.50. The molecule has 1 N–H and O–H groups in total. The zero-order valence-corrected chi connectivity index (χ0v) is 13.4. The van der Waals surface area contributed by atoms with E-state index in [-0.39, 0.29) is 30.7 Å². The molecule has 128 valence electrons. The molecule has 0 bridgehead atoms. The number of ketones is 1. The summed E-state index contributed by atoms with van der Waals surface area (Å²) in [5, 5.41) is 2.61. The Kier molecular flexibility index (Phi) is 4.65. The van der Waals surface area contributed by atoms with E-state index in [2.05, 4.69) is 5.32 Å². The summed E-state index contributed by atoms with van der Waals surface area (Å²) in [6.07, 6.45) is 0. The van der Waals surface area contributed by atoms with Gasteiger partial charge in [-0.1, -0.05) is 0 Å². The number of hydrogen-bond donors (Lipinski definition) is 1. The average Bonchev–Trinajstić information content (AvgIpc) is 3.07. The van der Waals surface area contributed by atoms with Gasteiger partial charge in [0.25, 0.3) is 0 Å². The molecule has 0 spiro atoms. The van der Waals surface area contributed by atoms with Crippen molar-refractivity contribution < 1.29 is 28.6 Å². The molecule has 0 aliphatic carbocycles. The Labute approximate surface area is 143 Å². The van der Waals surface area contributed by atoms with Crippen molar-refractivity contribution >= 4 is 23.3 Å². The predicted octanol–water partition coefficient (Wildman–Crippen LogP) is 2.41. The molecule has 1 aliphatic heterocycles. The standard InChI is InChI=1S/C18H15NO6/c1-11(20)19-14-5-2-12(3-6-14)15(21)9-23-18(22)13-4-7-16-17(8-13)25-10-24-16/h2-8H,9-10H2,1H3,(H,19,20). The van der Waals surface area contributed by atoms with Crippen LogP contribution in [0.2, 0.25) is 0 Å². The molecule has 0 saturated carbocycles. The number of rotatable bonds is 5. The number of fused-ring (bicyclic) bond motifs is 1. The van der Waals surface area contributed by atoms with Crippen LogP contribution in [0, 0.1) is 0 Å². The maximum Gasteiger partial charge on any atom is 0.338 e. The van der Waals surface area contributed by atoms with E-state index in [9.17, 15) is 14.4 Å². The van der Waals surface area contributed by atoms with Crippen LogP contribution in [-0.4, -0.2) is 31.1 Å². The second-order valence-corrected chi connectivity index (χ2v) is 5.33. The molecule has 2 aromatic carbocycles. The number of Topliss-reactive ketones (excluding diaryl/α,β-unsaturated/α-hetero) is 1. The number of carbonyl (C=O) groups is 3. The zero-order valence-electron chi connectivity index (χ0n) is 13.4. The van der Waals surface area contributed by atoms with Crippen LogP contribution in [0.4, 0.5) is 5.69 Å². The van der Waals surface area contributed by atoms with Gasteiger partial charge in [-0.25, -0.2) is 4.79 Å². The number of ether oxygens (including phenoxy) is 3. The van der Waals surface area contributed by atoms with Crippen LogP contribution in [0.3, 0.4) is 0 Å². The first kappa shape index (κ1) is 16.5. The maximum atomic E-state index is 12.1. The van der Waals surface area contributed by atoms with Gasteiger partial charge in [0.1, 0.15) is 0 Å². The van der Waals surface area contributed by atoms with Crippen LogP contribution in [0.25, 0.3) is 0 Å². The van der Waals surface area contributed by atoms with Gasteiger partial charge in [0.2, 0.25) is 12.7 Å². The van der Waals surface area contributed by atoms with Gasteiger partial charge >= 0.3 is 5.97 Å². The van der Waals surface area contributed by atoms with Crippen molar-refractivity contribution in [1.29, 1.82) is 0 Å². The quantitative estimate of drug-likeness (QED) is 0.663. The molecular formula is C18H15NO6. The van der Waals surface area contributed by atoms with Gasteiger partial charge in [-0.15, -0.1) is 0 Å². The SMILES string of the molecule is CC(=O)Nc1ccc(C(=O)COC(=O)c2ccc3c(c2)OCO3)cc1. The molecule has 7 heteroatoms. The largest absolute Gasteiger partial charge is 0.454 e. The number of hydrogen-bond acceptors (Lipinski definition) is 6. The Morgan fingerprint density at radius 2 is 1.68 bits per heavy atom. The van der Waals surface area contributed by atoms with Crippen LogP contribution in [0.15, 0.2) is 42.5 Å². The second kappa shape index (κ2) is 7.04. The topological polar surface area (TPSA) is 90.9 Å². The highest BCUT2D eigenvalue weighted by molar-refractivity contribution is 6.00. The lowest BCUT2D eigenvalue weighted by molar-refractivity contribution is -0.114. The molecule has 0 aromatic heterocycles. The smallest absolute Gasteiger partial charge is 0.338 e. The predicted molar refractivity (Wildman–Crippen MR) is 87.9 cm³/mol. The molecule has 7 nitrogen and oxygen atoms in total. The van der Waals surface area contributed by atoms with Crippen LogP contribution < -0.4 is 14.8 Å². The fraction of sp³-hybridized carbons (Fsp3) is 0.167. The average molecular weight is 341 g/mol. The summed E-state index contributed by atoms with van der Waals surface area (Å²) in [5.41, 5.74) is 1.24. The van der Waals surface area contributed by atoms with Crippen molar-refractivity contribution in [2.24, 2.45) is 0 Å². The molecule has 1 aliphatic rings. The molecule has 0 atom stereocenters. The van der Waals surface area contributed by atoms with Gasteiger partial charge in [0.05, 0.1) is 5.56 Å². The highest BCUT2D eigenvalue weighted by atomic mass is 16.7. The van der Waals surface area contributed by atoms with Gasteiger partial charge in [-0.2, -0.15) is 0 Å². The van der Waals surface area contributed by atoms with Crippen molar-refractivity contribution in [3.05, 3.63) is 53.6 Å². The van der Waals surface area contributed by atoms with Gasteiger partial charge in [0.15, 0.2) is 23.9 Å². The third kappa shape index (κ3) is 3.95. The van der Waals surface area contributed by atoms with Crippen LogP contribution in [-0.2, 0) is 9.53 Å². The van der Waals surface area contributed by atoms with Crippen molar-refractivity contribution in [2.75, 3.05) is 18.7 Å². The maximum absolute atomic E-state index is 12.1. The van der Waals surface area contributed by atoms with Gasteiger partial charge in [-0.05, 0) is 42.5 Å². The molecule has 0 radical (unpaired) electrons. The molecule has 1 heterocycles. The van der Waals surface area contributed by atoms with Crippen LogP contribution in [0.1, 0.15) is 27.6 Å². The summed E-state index contributed by atoms with van der Waals surface area (Å²) >= 11 is 0. The van der Waals surface area contributed by atoms with Crippen molar-refractivity contribution in [3.63, 3.8) is 0 Å². The van der Waals surface area contributed by atoms with E-state index in [4.69, 9.17) is 14.2 Å². The summed E-state index contributed by atoms with van der Waals surface area (Å²) < 4.78 is 15.4. The minimum absolute atomic E-state index is 0.112. The summed E-state index contributed by atoms with van der Waals surface area (Å²) in [4.78, 5) is 35.1. The number of benzene rings is 2. The fourth-order valence-electron chi connectivity index (χ4n) is 2.26. The molecular weight excluding hydrogens is 326 g/mol. The Morgan fingerprint density at radius 3 is 2.40 bits per heavy atom. The fourth-order valence-corrected chi connectivity index (χ4v) is 2.26. The van der Waals surface area contributed by atoms with E-state index in [1.165, 1.54) is 13.0 Å². The van der Waals surface area contributed by atoms with E-state index in [1.54, 1.807) is 36.4 Å². The van der Waals surface area contributed by atoms with Gasteiger partial charge < -0.3 is 19.5 Å². The lowest BCUT2D eigenvalue weighted by atomic mass is 10.1. The number of amides is 1. The normalized spacial score (nSPS) is 11.7. The highest BCUT2D eigenvalue weighted by Gasteiger charge is 2.18. The van der Waals surface area contributed by atoms with Crippen molar-refractivity contribution in [3.8, 4) is 11.5 Å². The minimum atomic E-state index is -0.624. The first-order chi connectivity index (χ1) is 12.0.